The zero-order valence-corrected chi connectivity index (χ0v) is 17.5. The van der Waals surface area contributed by atoms with Gasteiger partial charge in [-0.2, -0.15) is 0 Å². The molecule has 0 radical (unpaired) electrons. The van der Waals surface area contributed by atoms with Gasteiger partial charge in [0.1, 0.15) is 13.1 Å². The van der Waals surface area contributed by atoms with Crippen molar-refractivity contribution in [3.63, 3.8) is 0 Å². The summed E-state index contributed by atoms with van der Waals surface area (Å²) in [5, 5.41) is 20.7. The van der Waals surface area contributed by atoms with Crippen molar-refractivity contribution in [2.75, 3.05) is 13.4 Å². The van der Waals surface area contributed by atoms with Crippen molar-refractivity contribution in [1.82, 2.24) is 19.7 Å². The summed E-state index contributed by atoms with van der Waals surface area (Å²) in [6.45, 7) is 12.3. The first-order chi connectivity index (χ1) is 11.6. The molecule has 2 rings (SSSR count). The fraction of sp³-hybridized carbons (Fsp3) is 0.688. The maximum atomic E-state index is 9.98. The van der Waals surface area contributed by atoms with E-state index in [4.69, 9.17) is 9.47 Å². The van der Waals surface area contributed by atoms with E-state index in [0.29, 0.717) is 19.0 Å². The molecular formula is C16H28N4O3SSi. The highest BCUT2D eigenvalue weighted by atomic mass is 32.1. The minimum absolute atomic E-state index is 0.284. The highest BCUT2D eigenvalue weighted by Gasteiger charge is 2.19. The van der Waals surface area contributed by atoms with Gasteiger partial charge in [-0.25, -0.2) is 4.98 Å². The number of thiazole rings is 1. The highest BCUT2D eigenvalue weighted by molar-refractivity contribution is 7.13. The van der Waals surface area contributed by atoms with Crippen LogP contribution in [0.15, 0.2) is 11.7 Å². The molecule has 0 fully saturated rings. The second-order valence-corrected chi connectivity index (χ2v) is 14.4. The maximum absolute atomic E-state index is 9.98. The smallest absolute Gasteiger partial charge is 0.192 e. The van der Waals surface area contributed by atoms with E-state index in [1.165, 1.54) is 11.3 Å². The molecule has 0 unspecified atom stereocenters. The number of hydrogen-bond donors (Lipinski definition) is 1. The molecule has 0 aliphatic carbocycles. The molecule has 2 heterocycles. The molecule has 0 bridgehead atoms. The minimum atomic E-state index is -1.06. The van der Waals surface area contributed by atoms with E-state index in [2.05, 4.69) is 34.8 Å². The van der Waals surface area contributed by atoms with Gasteiger partial charge < -0.3 is 19.1 Å². The molecule has 9 heteroatoms. The first-order valence-electron chi connectivity index (χ1n) is 8.34. The zero-order valence-electron chi connectivity index (χ0n) is 15.7. The molecule has 0 saturated heterocycles. The molecule has 7 nitrogen and oxygen atoms in total. The molecule has 25 heavy (non-hydrogen) atoms. The maximum Gasteiger partial charge on any atom is 0.192 e. The molecular weight excluding hydrogens is 356 g/mol. The van der Waals surface area contributed by atoms with Crippen molar-refractivity contribution in [1.29, 1.82) is 0 Å². The third-order valence-electron chi connectivity index (χ3n) is 3.33. The van der Waals surface area contributed by atoms with Gasteiger partial charge in [-0.05, 0) is 19.9 Å². The lowest BCUT2D eigenvalue weighted by Gasteiger charge is -2.17. The first-order valence-corrected chi connectivity index (χ1v) is 12.9. The summed E-state index contributed by atoms with van der Waals surface area (Å²) in [4.78, 5) is 4.54. The molecule has 0 saturated carbocycles. The van der Waals surface area contributed by atoms with Crippen molar-refractivity contribution >= 4 is 19.4 Å². The Hall–Kier alpha value is -1.13. The Labute approximate surface area is 154 Å². The Kier molecular flexibility index (Phi) is 6.86. The molecule has 140 valence electrons. The number of rotatable bonds is 10. The van der Waals surface area contributed by atoms with Crippen molar-refractivity contribution < 1.29 is 14.6 Å². The number of nitrogens with zero attached hydrogens (tertiary/aromatic N) is 4. The topological polar surface area (TPSA) is 82.3 Å². The summed E-state index contributed by atoms with van der Waals surface area (Å²) in [7, 11) is -1.06. The Morgan fingerprint density at radius 2 is 2.04 bits per heavy atom. The second-order valence-electron chi connectivity index (χ2n) is 7.92. The molecule has 1 N–H and O–H groups in total. The molecule has 2 aromatic heterocycles. The van der Waals surface area contributed by atoms with Gasteiger partial charge in [0.05, 0.1) is 24.4 Å². The highest BCUT2D eigenvalue weighted by Crippen LogP contribution is 2.23. The van der Waals surface area contributed by atoms with E-state index in [9.17, 15) is 5.11 Å². The first kappa shape index (κ1) is 20.2. The summed E-state index contributed by atoms with van der Waals surface area (Å²) in [5.74, 6) is 0.657. The Balaban J connectivity index is 1.82. The average molecular weight is 385 g/mol. The van der Waals surface area contributed by atoms with Crippen LogP contribution in [0.25, 0.3) is 10.8 Å². The predicted octanol–water partition coefficient (Wildman–Crippen LogP) is 3.00. The van der Waals surface area contributed by atoms with Gasteiger partial charge >= 0.3 is 0 Å². The molecule has 0 aliphatic heterocycles. The summed E-state index contributed by atoms with van der Waals surface area (Å²) in [6.07, 6.45) is 1.61. The monoisotopic (exact) mass is 384 g/mol. The lowest BCUT2D eigenvalue weighted by atomic mass is 10.1. The van der Waals surface area contributed by atoms with E-state index < -0.39 is 13.7 Å². The summed E-state index contributed by atoms with van der Waals surface area (Å²) in [6, 6.07) is 1.13. The van der Waals surface area contributed by atoms with Gasteiger partial charge in [0.25, 0.3) is 0 Å². The predicted molar refractivity (Wildman–Crippen MR) is 101 cm³/mol. The van der Waals surface area contributed by atoms with Gasteiger partial charge in [-0.1, -0.05) is 19.6 Å². The summed E-state index contributed by atoms with van der Waals surface area (Å²) in [5.41, 5.74) is -0.000252. The number of aliphatic hydroxyl groups is 1. The zero-order chi connectivity index (χ0) is 18.5. The van der Waals surface area contributed by atoms with Crippen LogP contribution in [0.2, 0.25) is 25.7 Å². The van der Waals surface area contributed by atoms with E-state index in [1.807, 2.05) is 9.95 Å². The molecule has 0 spiro atoms. The van der Waals surface area contributed by atoms with Crippen LogP contribution in [0.1, 0.15) is 19.5 Å². The number of ether oxygens (including phenoxy) is 2. The van der Waals surface area contributed by atoms with Crippen LogP contribution < -0.4 is 0 Å². The largest absolute Gasteiger partial charge is 0.389 e. The average Bonchev–Trinajstić information content (AvgIpc) is 3.08. The van der Waals surface area contributed by atoms with Gasteiger partial charge in [-0.3, -0.25) is 0 Å². The normalized spacial score (nSPS) is 12.7. The van der Waals surface area contributed by atoms with E-state index in [1.54, 1.807) is 20.2 Å². The molecule has 0 atom stereocenters. The summed E-state index contributed by atoms with van der Waals surface area (Å²) < 4.78 is 12.9. The molecule has 0 aromatic carbocycles. The third kappa shape index (κ3) is 7.33. The van der Waals surface area contributed by atoms with Crippen LogP contribution in [0, 0.1) is 0 Å². The number of hydrogen-bond acceptors (Lipinski definition) is 7. The van der Waals surface area contributed by atoms with Crippen LogP contribution >= 0.6 is 11.3 Å². The third-order valence-corrected chi connectivity index (χ3v) is 5.92. The van der Waals surface area contributed by atoms with E-state index in [-0.39, 0.29) is 6.79 Å². The van der Waals surface area contributed by atoms with Crippen LogP contribution in [-0.4, -0.2) is 51.9 Å². The lowest BCUT2D eigenvalue weighted by Crippen LogP contribution is -2.26. The SMILES string of the molecule is CC(C)(O)Cn1cnnc1-c1nc(COCOCC[Si](C)(C)C)cs1. The van der Waals surface area contributed by atoms with Gasteiger partial charge in [0.15, 0.2) is 10.8 Å². The fourth-order valence-electron chi connectivity index (χ4n) is 2.07. The quantitative estimate of drug-likeness (QED) is 0.385. The standard InChI is InChI=1S/C16H28N4O3SSi/c1-16(2,21)10-20-11-17-19-14(20)15-18-13(9-24-15)8-23-12-22-6-7-25(3,4)5/h9,11,21H,6-8,10,12H2,1-5H3. The van der Waals surface area contributed by atoms with Crippen molar-refractivity contribution in [2.45, 2.75) is 58.3 Å². The fourth-order valence-corrected chi connectivity index (χ4v) is 3.63. The van der Waals surface area contributed by atoms with Crippen LogP contribution in [-0.2, 0) is 22.6 Å². The van der Waals surface area contributed by atoms with E-state index in [0.717, 1.165) is 23.4 Å². The molecule has 2 aromatic rings. The molecule has 0 aliphatic rings. The Morgan fingerprint density at radius 3 is 2.72 bits per heavy atom. The van der Waals surface area contributed by atoms with Crippen LogP contribution in [0.3, 0.4) is 0 Å². The van der Waals surface area contributed by atoms with Crippen molar-refractivity contribution in [2.24, 2.45) is 0 Å². The van der Waals surface area contributed by atoms with Crippen LogP contribution in [0.4, 0.5) is 0 Å². The lowest BCUT2D eigenvalue weighted by molar-refractivity contribution is -0.0581. The van der Waals surface area contributed by atoms with E-state index >= 15 is 0 Å². The van der Waals surface area contributed by atoms with Gasteiger partial charge in [-0.15, -0.1) is 21.5 Å². The Morgan fingerprint density at radius 1 is 1.28 bits per heavy atom. The summed E-state index contributed by atoms with van der Waals surface area (Å²) >= 11 is 1.49. The van der Waals surface area contributed by atoms with Crippen LogP contribution in [0.5, 0.6) is 0 Å². The minimum Gasteiger partial charge on any atom is -0.389 e. The molecule has 0 amide bonds. The number of aromatic nitrogens is 4. The van der Waals surface area contributed by atoms with Gasteiger partial charge in [0, 0.05) is 20.1 Å². The Bertz CT molecular complexity index is 661. The van der Waals surface area contributed by atoms with Crippen molar-refractivity contribution in [3.05, 3.63) is 17.4 Å². The van der Waals surface area contributed by atoms with Gasteiger partial charge in [0.2, 0.25) is 0 Å². The van der Waals surface area contributed by atoms with Crippen molar-refractivity contribution in [3.8, 4) is 10.8 Å². The second kappa shape index (κ2) is 8.50.